The molecule has 0 fully saturated rings. The Balaban J connectivity index is 0.00000196. The van der Waals surface area contributed by atoms with Crippen LogP contribution in [0.5, 0.6) is 0 Å². The average molecular weight is 276 g/mol. The van der Waals surface area contributed by atoms with Crippen molar-refractivity contribution in [2.45, 2.75) is 0 Å². The summed E-state index contributed by atoms with van der Waals surface area (Å²) in [7, 11) is -6.52. The topological polar surface area (TPSA) is 74.6 Å². The van der Waals surface area contributed by atoms with Crippen LogP contribution in [0.15, 0.2) is 24.3 Å². The molecule has 0 aliphatic carbocycles. The van der Waals surface area contributed by atoms with Gasteiger partial charge in [-0.3, -0.25) is 9.13 Å². The predicted octanol–water partition coefficient (Wildman–Crippen LogP) is -0.179. The summed E-state index contributed by atoms with van der Waals surface area (Å²) in [6.45, 7) is 2.46. The molecule has 0 saturated carbocycles. The van der Waals surface area contributed by atoms with Crippen molar-refractivity contribution >= 4 is 63.1 Å². The molecule has 2 N–H and O–H groups in total. The first-order valence-corrected chi connectivity index (χ1v) is 8.14. The van der Waals surface area contributed by atoms with Crippen LogP contribution in [0, 0.1) is 0 Å². The van der Waals surface area contributed by atoms with Gasteiger partial charge in [-0.15, -0.1) is 0 Å². The number of rotatable bonds is 2. The molecular formula is C8H14CaO4P2. The number of hydrogen-bond acceptors (Lipinski definition) is 2. The first-order chi connectivity index (χ1) is 6.21. The van der Waals surface area contributed by atoms with E-state index < -0.39 is 14.7 Å². The summed E-state index contributed by atoms with van der Waals surface area (Å²) < 4.78 is 22.4. The van der Waals surface area contributed by atoms with Crippen LogP contribution in [0.2, 0.25) is 0 Å². The van der Waals surface area contributed by atoms with Crippen LogP contribution in [0.25, 0.3) is 0 Å². The zero-order valence-electron chi connectivity index (χ0n) is 7.91. The summed E-state index contributed by atoms with van der Waals surface area (Å²) in [5, 5.41) is 0.574. The Hall–Kier alpha value is 0.860. The minimum atomic E-state index is -3.26. The zero-order valence-corrected chi connectivity index (χ0v) is 9.70. The fourth-order valence-corrected chi connectivity index (χ4v) is 2.41. The van der Waals surface area contributed by atoms with Gasteiger partial charge in [-0.25, -0.2) is 0 Å². The van der Waals surface area contributed by atoms with Gasteiger partial charge in [0.1, 0.15) is 0 Å². The molecule has 0 radical (unpaired) electrons. The quantitative estimate of drug-likeness (QED) is 0.580. The Kier molecular flexibility index (Phi) is 5.78. The van der Waals surface area contributed by atoms with Gasteiger partial charge in [0.25, 0.3) is 0 Å². The Morgan fingerprint density at radius 2 is 1.07 bits per heavy atom. The molecule has 0 spiro atoms. The van der Waals surface area contributed by atoms with Crippen molar-refractivity contribution < 1.29 is 18.9 Å². The van der Waals surface area contributed by atoms with Crippen molar-refractivity contribution in [3.05, 3.63) is 24.3 Å². The van der Waals surface area contributed by atoms with Gasteiger partial charge in [-0.1, -0.05) is 0 Å². The molecule has 4 nitrogen and oxygen atoms in total. The van der Waals surface area contributed by atoms with E-state index in [0.717, 1.165) is 0 Å². The second kappa shape index (κ2) is 5.46. The van der Waals surface area contributed by atoms with E-state index in [9.17, 15) is 18.9 Å². The van der Waals surface area contributed by atoms with E-state index in [1.54, 1.807) is 0 Å². The molecule has 1 aromatic rings. The molecular weight excluding hydrogens is 262 g/mol. The molecule has 82 valence electrons. The van der Waals surface area contributed by atoms with Gasteiger partial charge < -0.3 is 9.79 Å². The second-order valence-electron chi connectivity index (χ2n) is 3.27. The maximum atomic E-state index is 11.2. The first kappa shape index (κ1) is 15.9. The summed E-state index contributed by atoms with van der Waals surface area (Å²) in [4.78, 5) is 18.4. The van der Waals surface area contributed by atoms with Crippen molar-refractivity contribution in [3.63, 3.8) is 0 Å². The predicted molar refractivity (Wildman–Crippen MR) is 65.8 cm³/mol. The molecule has 0 bridgehead atoms. The van der Waals surface area contributed by atoms with E-state index in [4.69, 9.17) is 0 Å². The number of hydrogen-bond donors (Lipinski definition) is 2. The molecule has 0 aliphatic heterocycles. The molecule has 0 heterocycles. The van der Waals surface area contributed by atoms with E-state index in [2.05, 4.69) is 0 Å². The van der Waals surface area contributed by atoms with Crippen molar-refractivity contribution in [2.75, 3.05) is 13.3 Å². The molecule has 0 aromatic heterocycles. The molecule has 15 heavy (non-hydrogen) atoms. The van der Waals surface area contributed by atoms with Gasteiger partial charge >= 0.3 is 37.7 Å². The minimum absolute atomic E-state index is 0. The fourth-order valence-electron chi connectivity index (χ4n) is 1.01. The summed E-state index contributed by atoms with van der Waals surface area (Å²) in [5.41, 5.74) is 0. The van der Waals surface area contributed by atoms with E-state index in [0.29, 0.717) is 0 Å². The van der Waals surface area contributed by atoms with E-state index in [1.807, 2.05) is 0 Å². The molecule has 1 aromatic carbocycles. The number of benzene rings is 1. The van der Waals surface area contributed by atoms with Gasteiger partial charge in [0, 0.05) is 23.9 Å². The van der Waals surface area contributed by atoms with Crippen LogP contribution in [-0.2, 0) is 9.13 Å². The van der Waals surface area contributed by atoms with Gasteiger partial charge in [0.2, 0.25) is 14.7 Å². The van der Waals surface area contributed by atoms with Gasteiger partial charge in [0.15, 0.2) is 0 Å². The standard InChI is InChI=1S/C8H12O4P2.Ca.2H/c1-13(9,10)7-3-5-8(6-4-7)14(2,11)12;;;/h3-6H,1-2H3,(H,9,10)(H,11,12);;;. The monoisotopic (exact) mass is 276 g/mol. The molecule has 1 rings (SSSR count). The second-order valence-corrected chi connectivity index (χ2v) is 7.82. The Morgan fingerprint density at radius 3 is 1.20 bits per heavy atom. The molecule has 0 aliphatic rings. The molecule has 0 amide bonds. The third-order valence-corrected chi connectivity index (χ3v) is 4.32. The van der Waals surface area contributed by atoms with Crippen LogP contribution in [-0.4, -0.2) is 60.9 Å². The van der Waals surface area contributed by atoms with E-state index >= 15 is 0 Å². The van der Waals surface area contributed by atoms with Gasteiger partial charge in [-0.05, 0) is 24.3 Å². The van der Waals surface area contributed by atoms with Crippen LogP contribution >= 0.6 is 14.7 Å². The van der Waals surface area contributed by atoms with Crippen molar-refractivity contribution in [2.24, 2.45) is 0 Å². The Bertz CT molecular complexity index is 376. The molecule has 7 heteroatoms. The molecule has 2 atom stereocenters. The fraction of sp³-hybridized carbons (Fsp3) is 0.250. The first-order valence-electron chi connectivity index (χ1n) is 3.93. The van der Waals surface area contributed by atoms with E-state index in [1.165, 1.54) is 37.6 Å². The summed E-state index contributed by atoms with van der Waals surface area (Å²) in [6.07, 6.45) is 0. The maximum absolute atomic E-state index is 11.2. The summed E-state index contributed by atoms with van der Waals surface area (Å²) in [5.74, 6) is 0. The van der Waals surface area contributed by atoms with Crippen LogP contribution in [0.1, 0.15) is 0 Å². The van der Waals surface area contributed by atoms with E-state index in [-0.39, 0.29) is 48.3 Å². The third-order valence-electron chi connectivity index (χ3n) is 1.81. The Labute approximate surface area is 119 Å². The van der Waals surface area contributed by atoms with Gasteiger partial charge in [-0.2, -0.15) is 0 Å². The third kappa shape index (κ3) is 4.70. The average Bonchev–Trinajstić information content (AvgIpc) is 2.01. The summed E-state index contributed by atoms with van der Waals surface area (Å²) in [6, 6.07) is 5.62. The SMILES string of the molecule is CP(=O)(O)c1ccc(P(C)(=O)O)cc1.[CaH2]. The van der Waals surface area contributed by atoms with Crippen molar-refractivity contribution in [1.29, 1.82) is 0 Å². The Morgan fingerprint density at radius 1 is 0.867 bits per heavy atom. The van der Waals surface area contributed by atoms with Crippen LogP contribution in [0.3, 0.4) is 0 Å². The van der Waals surface area contributed by atoms with Crippen LogP contribution in [0.4, 0.5) is 0 Å². The van der Waals surface area contributed by atoms with Crippen molar-refractivity contribution in [1.82, 2.24) is 0 Å². The van der Waals surface area contributed by atoms with Crippen molar-refractivity contribution in [3.8, 4) is 0 Å². The van der Waals surface area contributed by atoms with Crippen LogP contribution < -0.4 is 10.6 Å². The summed E-state index contributed by atoms with van der Waals surface area (Å²) >= 11 is 0. The van der Waals surface area contributed by atoms with Gasteiger partial charge in [0.05, 0.1) is 0 Å². The molecule has 0 saturated heterocycles. The normalized spacial score (nSPS) is 18.4. The molecule has 2 unspecified atom stereocenters. The zero-order chi connectivity index (χ0) is 11.0.